The van der Waals surface area contributed by atoms with E-state index in [2.05, 4.69) is 15.3 Å². The van der Waals surface area contributed by atoms with E-state index in [9.17, 15) is 19.8 Å². The number of β-amino-alcohol motifs (C(OH)–C–C–N with tert-alkyl or cyclic N) is 1. The Bertz CT molecular complexity index is 672. The highest BCUT2D eigenvalue weighted by Gasteiger charge is 2.37. The molecule has 0 aromatic carbocycles. The van der Waals surface area contributed by atoms with Crippen LogP contribution in [0.25, 0.3) is 0 Å². The number of nitrogens with zero attached hydrogens (tertiary/aromatic N) is 3. The zero-order valence-corrected chi connectivity index (χ0v) is 16.9. The van der Waals surface area contributed by atoms with Crippen LogP contribution in [0.2, 0.25) is 0 Å². The number of aliphatic hydroxyl groups excluding tert-OH is 2. The van der Waals surface area contributed by atoms with Crippen molar-refractivity contribution >= 4 is 23.7 Å². The Balaban J connectivity index is 1.95. The van der Waals surface area contributed by atoms with Gasteiger partial charge in [0.25, 0.3) is 0 Å². The lowest BCUT2D eigenvalue weighted by molar-refractivity contribution is -0.139. The summed E-state index contributed by atoms with van der Waals surface area (Å²) in [4.78, 5) is 32.3. The first kappa shape index (κ1) is 24.0. The van der Waals surface area contributed by atoms with Gasteiger partial charge >= 0.3 is 11.9 Å². The fourth-order valence-corrected chi connectivity index (χ4v) is 3.43. The first-order chi connectivity index (χ1) is 14.2. The van der Waals surface area contributed by atoms with Crippen LogP contribution >= 0.6 is 0 Å². The van der Waals surface area contributed by atoms with Crippen molar-refractivity contribution in [3.05, 3.63) is 0 Å². The lowest BCUT2D eigenvalue weighted by atomic mass is 10.1. The van der Waals surface area contributed by atoms with E-state index < -0.39 is 36.2 Å². The number of aliphatic hydroxyl groups is 2. The van der Waals surface area contributed by atoms with Crippen molar-refractivity contribution in [3.8, 4) is 0 Å². The standard InChI is InChI=1S/C18H32N6O6/c19-10(16(27)28)4-1-2-7-24-9-14(26)13(25)8-12-15(24)23-18(22-12)21-6-3-5-11(20)17(29)30/h10-14,25-26H,1-9,19-20H2,(H,21,22)(H,27,28)(H,29,30)/t10?,11?,12-,13-,14-/m1/s1/i9+1. The van der Waals surface area contributed by atoms with Crippen molar-refractivity contribution in [1.82, 2.24) is 10.2 Å². The highest BCUT2D eigenvalue weighted by Crippen LogP contribution is 2.19. The molecule has 2 heterocycles. The van der Waals surface area contributed by atoms with Gasteiger partial charge < -0.3 is 42.1 Å². The third kappa shape index (κ3) is 6.90. The number of guanidine groups is 1. The van der Waals surface area contributed by atoms with E-state index in [-0.39, 0.29) is 19.0 Å². The van der Waals surface area contributed by atoms with Gasteiger partial charge in [0.05, 0.1) is 18.2 Å². The molecule has 0 aliphatic carbocycles. The average molecular weight is 429 g/mol. The van der Waals surface area contributed by atoms with E-state index in [1.54, 1.807) is 0 Å². The fraction of sp³-hybridized carbons (Fsp3) is 0.778. The number of amidine groups is 1. The molecule has 0 saturated carbocycles. The molecule has 1 fully saturated rings. The number of aliphatic imine (C=N–C) groups is 2. The van der Waals surface area contributed by atoms with E-state index in [0.717, 1.165) is 0 Å². The number of likely N-dealkylation sites (tertiary alicyclic amines) is 1. The zero-order chi connectivity index (χ0) is 22.3. The molecular weight excluding hydrogens is 397 g/mol. The monoisotopic (exact) mass is 429 g/mol. The molecular formula is C18H32N6O6. The minimum Gasteiger partial charge on any atom is -0.480 e. The summed E-state index contributed by atoms with van der Waals surface area (Å²) in [6, 6.07) is -2.10. The Hall–Kier alpha value is -2.28. The highest BCUT2D eigenvalue weighted by molar-refractivity contribution is 6.05. The van der Waals surface area contributed by atoms with Gasteiger partial charge in [0.2, 0.25) is 5.96 Å². The molecule has 2 rings (SSSR count). The lowest BCUT2D eigenvalue weighted by Crippen LogP contribution is -2.42. The van der Waals surface area contributed by atoms with Gasteiger partial charge in [-0.2, -0.15) is 4.99 Å². The molecule has 9 N–H and O–H groups in total. The second-order valence-electron chi connectivity index (χ2n) is 7.72. The fourth-order valence-electron chi connectivity index (χ4n) is 3.43. The number of fused-ring (bicyclic) bond motifs is 1. The van der Waals surface area contributed by atoms with E-state index in [0.29, 0.717) is 57.0 Å². The van der Waals surface area contributed by atoms with Gasteiger partial charge in [0.15, 0.2) is 0 Å². The van der Waals surface area contributed by atoms with Crippen molar-refractivity contribution in [2.45, 2.75) is 68.9 Å². The number of rotatable bonds is 11. The number of hydrogen-bond acceptors (Lipinski definition) is 8. The summed E-state index contributed by atoms with van der Waals surface area (Å²) in [5, 5.41) is 41.1. The zero-order valence-electron chi connectivity index (χ0n) is 16.9. The van der Waals surface area contributed by atoms with Crippen LogP contribution < -0.4 is 16.8 Å². The Kier molecular flexibility index (Phi) is 8.96. The Morgan fingerprint density at radius 1 is 1.10 bits per heavy atom. The van der Waals surface area contributed by atoms with Gasteiger partial charge in [-0.15, -0.1) is 0 Å². The van der Waals surface area contributed by atoms with Gasteiger partial charge in [-0.25, -0.2) is 0 Å². The molecule has 2 unspecified atom stereocenters. The van der Waals surface area contributed by atoms with Crippen LogP contribution in [0, 0.1) is 0 Å². The maximum Gasteiger partial charge on any atom is 0.320 e. The van der Waals surface area contributed by atoms with Crippen molar-refractivity contribution in [1.29, 1.82) is 0 Å². The summed E-state index contributed by atoms with van der Waals surface area (Å²) in [6.07, 6.45) is 0.889. The molecule has 0 spiro atoms. The van der Waals surface area contributed by atoms with Crippen LogP contribution in [-0.4, -0.2) is 99.0 Å². The smallest absolute Gasteiger partial charge is 0.320 e. The van der Waals surface area contributed by atoms with Gasteiger partial charge in [-0.3, -0.25) is 14.6 Å². The second kappa shape index (κ2) is 11.2. The third-order valence-electron chi connectivity index (χ3n) is 5.25. The molecule has 12 heteroatoms. The van der Waals surface area contributed by atoms with Crippen LogP contribution in [-0.2, 0) is 9.59 Å². The van der Waals surface area contributed by atoms with Gasteiger partial charge in [0.1, 0.15) is 17.9 Å². The van der Waals surface area contributed by atoms with E-state index in [1.807, 2.05) is 4.90 Å². The molecule has 170 valence electrons. The average Bonchev–Trinajstić information content (AvgIpc) is 3.04. The molecule has 12 nitrogen and oxygen atoms in total. The second-order valence-corrected chi connectivity index (χ2v) is 7.72. The number of aliphatic carboxylic acids is 2. The number of nitrogens with one attached hydrogen (secondary N) is 1. The summed E-state index contributed by atoms with van der Waals surface area (Å²) in [5.41, 5.74) is 11.0. The van der Waals surface area contributed by atoms with Crippen molar-refractivity contribution < 1.29 is 30.0 Å². The quantitative estimate of drug-likeness (QED) is 0.141. The van der Waals surface area contributed by atoms with Gasteiger partial charge in [-0.1, -0.05) is 0 Å². The summed E-state index contributed by atoms with van der Waals surface area (Å²) < 4.78 is 0. The first-order valence-electron chi connectivity index (χ1n) is 10.2. The largest absolute Gasteiger partial charge is 0.480 e. The molecule has 0 aromatic rings. The number of carboxylic acid groups (broad SMARTS) is 2. The summed E-state index contributed by atoms with van der Waals surface area (Å²) >= 11 is 0. The van der Waals surface area contributed by atoms with Crippen LogP contribution in [0.15, 0.2) is 9.98 Å². The third-order valence-corrected chi connectivity index (χ3v) is 5.25. The van der Waals surface area contributed by atoms with Crippen LogP contribution in [0.4, 0.5) is 0 Å². The predicted octanol–water partition coefficient (Wildman–Crippen LogP) is -2.09. The van der Waals surface area contributed by atoms with Crippen molar-refractivity contribution in [2.75, 3.05) is 19.6 Å². The topological polar surface area (TPSA) is 207 Å². The van der Waals surface area contributed by atoms with E-state index in [1.165, 1.54) is 0 Å². The molecule has 0 amide bonds. The lowest BCUT2D eigenvalue weighted by Gasteiger charge is -2.26. The predicted molar refractivity (Wildman–Crippen MR) is 109 cm³/mol. The number of unbranched alkanes of at least 4 members (excludes halogenated alkanes) is 1. The van der Waals surface area contributed by atoms with Crippen LogP contribution in [0.1, 0.15) is 38.5 Å². The molecule has 5 atom stereocenters. The Morgan fingerprint density at radius 2 is 1.73 bits per heavy atom. The maximum atomic E-state index is 10.8. The summed E-state index contributed by atoms with van der Waals surface area (Å²) in [6.45, 7) is 1.11. The molecule has 1 saturated heterocycles. The minimum absolute atomic E-state index is 0.212. The maximum absolute atomic E-state index is 10.8. The molecule has 0 bridgehead atoms. The summed E-state index contributed by atoms with van der Waals surface area (Å²) in [7, 11) is 0. The molecule has 0 radical (unpaired) electrons. The van der Waals surface area contributed by atoms with Crippen LogP contribution in [0.5, 0.6) is 0 Å². The first-order valence-corrected chi connectivity index (χ1v) is 10.2. The van der Waals surface area contributed by atoms with Crippen molar-refractivity contribution in [3.63, 3.8) is 0 Å². The normalized spacial score (nSPS) is 27.1. The van der Waals surface area contributed by atoms with E-state index in [4.69, 9.17) is 21.7 Å². The molecule has 0 aromatic heterocycles. The van der Waals surface area contributed by atoms with Gasteiger partial charge in [0, 0.05) is 26.1 Å². The number of carbonyl (C=O) groups is 2. The molecule has 30 heavy (non-hydrogen) atoms. The minimum atomic E-state index is -1.04. The van der Waals surface area contributed by atoms with Crippen molar-refractivity contribution in [2.24, 2.45) is 21.5 Å². The molecule has 2 aliphatic rings. The summed E-state index contributed by atoms with van der Waals surface area (Å²) in [5.74, 6) is -0.996. The number of nitrogens with two attached hydrogens (primary N) is 2. The Labute approximate surface area is 174 Å². The number of hydrogen-bond donors (Lipinski definition) is 7. The number of carboxylic acids is 2. The van der Waals surface area contributed by atoms with E-state index >= 15 is 0 Å². The van der Waals surface area contributed by atoms with Gasteiger partial charge in [-0.05, 0) is 32.1 Å². The SMILES string of the molecule is NC(CCCCN1[13CH2][C@@H](O)[C@H](O)C[C@H]2NC(=NCCCC(N)C(=O)O)N=C21)C(=O)O. The Morgan fingerprint density at radius 3 is 2.37 bits per heavy atom. The molecule has 2 aliphatic heterocycles. The highest BCUT2D eigenvalue weighted by atomic mass is 16.4. The van der Waals surface area contributed by atoms with Crippen LogP contribution in [0.3, 0.4) is 0 Å².